The average molecular weight is 495 g/mol. The highest BCUT2D eigenvalue weighted by atomic mass is 16.6. The van der Waals surface area contributed by atoms with E-state index >= 15 is 0 Å². The van der Waals surface area contributed by atoms with Crippen molar-refractivity contribution in [2.24, 2.45) is 23.2 Å². The number of esters is 3. The summed E-state index contributed by atoms with van der Waals surface area (Å²) < 4.78 is 16.8. The van der Waals surface area contributed by atoms with Crippen molar-refractivity contribution in [1.29, 1.82) is 0 Å². The molecule has 8 heteroatoms. The maximum absolute atomic E-state index is 12.5. The third-order valence-electron chi connectivity index (χ3n) is 8.59. The highest BCUT2D eigenvalue weighted by Crippen LogP contribution is 2.42. The van der Waals surface area contributed by atoms with Crippen LogP contribution in [-0.2, 0) is 28.6 Å². The minimum atomic E-state index is -0.737. The van der Waals surface area contributed by atoms with E-state index in [1.165, 1.54) is 6.42 Å². The van der Waals surface area contributed by atoms with Gasteiger partial charge in [0.25, 0.3) is 0 Å². The van der Waals surface area contributed by atoms with Gasteiger partial charge in [0, 0.05) is 44.7 Å². The van der Waals surface area contributed by atoms with Gasteiger partial charge in [0.05, 0.1) is 18.3 Å². The molecule has 3 fully saturated rings. The van der Waals surface area contributed by atoms with Crippen LogP contribution in [0.15, 0.2) is 0 Å². The van der Waals surface area contributed by atoms with E-state index in [-0.39, 0.29) is 37.7 Å². The number of nitrogens with zero attached hydrogens (tertiary/aromatic N) is 2. The monoisotopic (exact) mass is 494 g/mol. The van der Waals surface area contributed by atoms with Gasteiger partial charge in [0.2, 0.25) is 0 Å². The fourth-order valence-electron chi connectivity index (χ4n) is 4.89. The Bertz CT molecular complexity index is 707. The molecule has 7 unspecified atom stereocenters. The van der Waals surface area contributed by atoms with Crippen molar-refractivity contribution in [3.05, 3.63) is 0 Å². The normalized spacial score (nSPS) is 32.7. The molecule has 0 aromatic rings. The van der Waals surface area contributed by atoms with Gasteiger partial charge in [-0.2, -0.15) is 0 Å². The van der Waals surface area contributed by atoms with E-state index in [0.717, 1.165) is 25.4 Å². The predicted molar refractivity (Wildman–Crippen MR) is 133 cm³/mol. The van der Waals surface area contributed by atoms with Gasteiger partial charge in [-0.3, -0.25) is 24.2 Å². The van der Waals surface area contributed by atoms with Crippen LogP contribution in [0.1, 0.15) is 73.1 Å². The maximum Gasteiger partial charge on any atom is 0.307 e. The van der Waals surface area contributed by atoms with Crippen LogP contribution in [0.4, 0.5) is 0 Å². The number of ether oxygens (including phenoxy) is 3. The van der Waals surface area contributed by atoms with Crippen molar-refractivity contribution in [3.8, 4) is 0 Å². The van der Waals surface area contributed by atoms with Crippen molar-refractivity contribution in [2.45, 2.75) is 85.2 Å². The third-order valence-corrected chi connectivity index (χ3v) is 8.59. The first-order chi connectivity index (χ1) is 16.6. The Morgan fingerprint density at radius 1 is 0.771 bits per heavy atom. The molecule has 35 heavy (non-hydrogen) atoms. The van der Waals surface area contributed by atoms with Crippen LogP contribution in [0, 0.1) is 23.2 Å². The smallest absolute Gasteiger partial charge is 0.307 e. The molecule has 0 amide bonds. The molecular formula is C27H46N2O6. The second kappa shape index (κ2) is 12.5. The van der Waals surface area contributed by atoms with Gasteiger partial charge in [-0.15, -0.1) is 0 Å². The van der Waals surface area contributed by atoms with Crippen LogP contribution < -0.4 is 0 Å². The Morgan fingerprint density at radius 2 is 1.20 bits per heavy atom. The Balaban J connectivity index is 1.46. The Kier molecular flexibility index (Phi) is 9.99. The van der Waals surface area contributed by atoms with Gasteiger partial charge in [-0.05, 0) is 50.9 Å². The van der Waals surface area contributed by atoms with E-state index in [2.05, 4.69) is 37.5 Å². The summed E-state index contributed by atoms with van der Waals surface area (Å²) in [6.07, 6.45) is 3.63. The van der Waals surface area contributed by atoms with Crippen molar-refractivity contribution in [3.63, 3.8) is 0 Å². The van der Waals surface area contributed by atoms with Gasteiger partial charge < -0.3 is 14.2 Å². The molecule has 1 saturated carbocycles. The average Bonchev–Trinajstić information content (AvgIpc) is 3.75. The zero-order valence-corrected chi connectivity index (χ0v) is 22.4. The van der Waals surface area contributed by atoms with Crippen LogP contribution in [-0.4, -0.2) is 85.8 Å². The zero-order chi connectivity index (χ0) is 25.6. The Hall–Kier alpha value is -1.67. The fourth-order valence-corrected chi connectivity index (χ4v) is 4.89. The van der Waals surface area contributed by atoms with Crippen LogP contribution >= 0.6 is 0 Å². The SMILES string of the molecule is CCC(COC(=O)CCC1CC(C)C1C)(COC(=O)CCN1CC1C)COC(=O)CCN1CC1C. The van der Waals surface area contributed by atoms with Gasteiger partial charge in [-0.25, -0.2) is 0 Å². The molecule has 2 saturated heterocycles. The van der Waals surface area contributed by atoms with E-state index in [0.29, 0.717) is 62.7 Å². The minimum Gasteiger partial charge on any atom is -0.465 e. The second-order valence-electron chi connectivity index (χ2n) is 11.4. The standard InChI is InChI=1S/C27H46N2O6/c1-6-27(17-34-25(31)9-11-28-14-20(28)3,18-35-26(32)10-12-29-15-21(29)4)16-33-24(30)8-7-23-13-19(2)22(23)5/h19-23H,6-18H2,1-5H3. The number of carbonyl (C=O) groups is 3. The molecule has 0 N–H and O–H groups in total. The molecule has 3 aliphatic rings. The first-order valence-electron chi connectivity index (χ1n) is 13.6. The largest absolute Gasteiger partial charge is 0.465 e. The maximum atomic E-state index is 12.5. The van der Waals surface area contributed by atoms with Crippen molar-refractivity contribution < 1.29 is 28.6 Å². The molecule has 7 atom stereocenters. The summed E-state index contributed by atoms with van der Waals surface area (Å²) in [7, 11) is 0. The van der Waals surface area contributed by atoms with E-state index in [1.807, 2.05) is 6.92 Å². The first-order valence-corrected chi connectivity index (χ1v) is 13.6. The molecule has 2 heterocycles. The summed E-state index contributed by atoms with van der Waals surface area (Å²) in [4.78, 5) is 41.6. The molecule has 1 aliphatic carbocycles. The van der Waals surface area contributed by atoms with Crippen LogP contribution in [0.5, 0.6) is 0 Å². The Morgan fingerprint density at radius 3 is 1.54 bits per heavy atom. The Labute approximate surface area is 211 Å². The lowest BCUT2D eigenvalue weighted by Crippen LogP contribution is -2.39. The van der Waals surface area contributed by atoms with Gasteiger partial charge in [0.1, 0.15) is 19.8 Å². The molecule has 0 aromatic heterocycles. The molecule has 8 nitrogen and oxygen atoms in total. The lowest BCUT2D eigenvalue weighted by atomic mass is 9.65. The molecule has 200 valence electrons. The summed E-state index contributed by atoms with van der Waals surface area (Å²) >= 11 is 0. The third kappa shape index (κ3) is 8.74. The van der Waals surface area contributed by atoms with E-state index in [4.69, 9.17) is 14.2 Å². The predicted octanol–water partition coefficient (Wildman–Crippen LogP) is 3.27. The molecule has 2 aliphatic heterocycles. The lowest BCUT2D eigenvalue weighted by Gasteiger charge is -2.41. The van der Waals surface area contributed by atoms with E-state index < -0.39 is 5.41 Å². The van der Waals surface area contributed by atoms with Gasteiger partial charge in [0.15, 0.2) is 0 Å². The fraction of sp³-hybridized carbons (Fsp3) is 0.889. The van der Waals surface area contributed by atoms with Crippen molar-refractivity contribution in [2.75, 3.05) is 46.0 Å². The zero-order valence-electron chi connectivity index (χ0n) is 22.4. The highest BCUT2D eigenvalue weighted by Gasteiger charge is 2.37. The quantitative estimate of drug-likeness (QED) is 0.184. The topological polar surface area (TPSA) is 84.9 Å². The van der Waals surface area contributed by atoms with Crippen LogP contribution in [0.3, 0.4) is 0 Å². The lowest BCUT2D eigenvalue weighted by molar-refractivity contribution is -0.162. The summed E-state index contributed by atoms with van der Waals surface area (Å²) in [6.45, 7) is 14.3. The van der Waals surface area contributed by atoms with Crippen molar-refractivity contribution >= 4 is 17.9 Å². The first kappa shape index (κ1) is 27.9. The second-order valence-corrected chi connectivity index (χ2v) is 11.4. The van der Waals surface area contributed by atoms with Gasteiger partial charge in [-0.1, -0.05) is 20.8 Å². The number of hydrogen-bond donors (Lipinski definition) is 0. The molecule has 0 aromatic carbocycles. The van der Waals surface area contributed by atoms with Crippen LogP contribution in [0.25, 0.3) is 0 Å². The number of carbonyl (C=O) groups excluding carboxylic acids is 3. The molecular weight excluding hydrogens is 448 g/mol. The molecule has 0 spiro atoms. The number of rotatable bonds is 16. The summed E-state index contributed by atoms with van der Waals surface area (Å²) in [5, 5.41) is 0. The van der Waals surface area contributed by atoms with Gasteiger partial charge >= 0.3 is 17.9 Å². The number of hydrogen-bond acceptors (Lipinski definition) is 8. The van der Waals surface area contributed by atoms with Crippen LogP contribution in [0.2, 0.25) is 0 Å². The molecule has 0 radical (unpaired) electrons. The summed E-state index contributed by atoms with van der Waals surface area (Å²) in [5.74, 6) is 1.18. The minimum absolute atomic E-state index is 0.0682. The molecule has 0 bridgehead atoms. The van der Waals surface area contributed by atoms with Crippen molar-refractivity contribution in [1.82, 2.24) is 9.80 Å². The van der Waals surface area contributed by atoms with E-state index in [9.17, 15) is 14.4 Å². The van der Waals surface area contributed by atoms with E-state index in [1.54, 1.807) is 0 Å². The summed E-state index contributed by atoms with van der Waals surface area (Å²) in [6, 6.07) is 1.08. The summed E-state index contributed by atoms with van der Waals surface area (Å²) in [5.41, 5.74) is -0.737. The highest BCUT2D eigenvalue weighted by molar-refractivity contribution is 5.70. The molecule has 3 rings (SSSR count).